The molecule has 15 heavy (non-hydrogen) atoms. The Balaban J connectivity index is 2.49. The summed E-state index contributed by atoms with van der Waals surface area (Å²) in [5.74, 6) is 0.256. The van der Waals surface area contributed by atoms with E-state index in [2.05, 4.69) is 0 Å². The van der Waals surface area contributed by atoms with E-state index in [1.54, 1.807) is 12.1 Å². The summed E-state index contributed by atoms with van der Waals surface area (Å²) in [6.45, 7) is 1.47. The summed E-state index contributed by atoms with van der Waals surface area (Å²) in [5, 5.41) is 11.1. The van der Waals surface area contributed by atoms with Gasteiger partial charge in [-0.15, -0.1) is 0 Å². The molecule has 1 heterocycles. The van der Waals surface area contributed by atoms with Crippen molar-refractivity contribution in [2.75, 3.05) is 6.54 Å². The maximum Gasteiger partial charge on any atom is 0.117 e. The Bertz CT molecular complexity index is 479. The molecule has 0 saturated heterocycles. The number of phenolic OH excluding ortho intramolecular Hbond substituents is 1. The van der Waals surface area contributed by atoms with E-state index in [0.717, 1.165) is 23.9 Å². The van der Waals surface area contributed by atoms with E-state index in [-0.39, 0.29) is 5.75 Å². The normalized spacial score (nSPS) is 11.1. The lowest BCUT2D eigenvalue weighted by Gasteiger charge is -2.03. The fourth-order valence-electron chi connectivity index (χ4n) is 1.68. The van der Waals surface area contributed by atoms with Crippen LogP contribution in [0.2, 0.25) is 5.02 Å². The van der Waals surface area contributed by atoms with Crippen molar-refractivity contribution in [3.63, 3.8) is 0 Å². The molecule has 0 bridgehead atoms. The number of rotatable bonds is 3. The van der Waals surface area contributed by atoms with Crippen molar-refractivity contribution in [1.29, 1.82) is 0 Å². The largest absolute Gasteiger partial charge is 0.508 e. The van der Waals surface area contributed by atoms with Gasteiger partial charge in [-0.2, -0.15) is 0 Å². The van der Waals surface area contributed by atoms with Crippen LogP contribution >= 0.6 is 11.6 Å². The summed E-state index contributed by atoms with van der Waals surface area (Å²) in [6, 6.07) is 5.19. The molecule has 80 valence electrons. The van der Waals surface area contributed by atoms with Gasteiger partial charge in [0.2, 0.25) is 0 Å². The molecule has 0 amide bonds. The molecule has 3 N–H and O–H groups in total. The van der Waals surface area contributed by atoms with Gasteiger partial charge >= 0.3 is 0 Å². The van der Waals surface area contributed by atoms with Crippen LogP contribution in [-0.4, -0.2) is 16.2 Å². The molecule has 0 radical (unpaired) electrons. The van der Waals surface area contributed by atoms with Crippen LogP contribution in [-0.2, 0) is 6.54 Å². The second-order valence-corrected chi connectivity index (χ2v) is 3.92. The molecule has 2 aromatic rings. The minimum Gasteiger partial charge on any atom is -0.508 e. The van der Waals surface area contributed by atoms with Gasteiger partial charge in [0.15, 0.2) is 0 Å². The number of benzene rings is 1. The number of hydrogen-bond donors (Lipinski definition) is 2. The Morgan fingerprint density at radius 2 is 2.20 bits per heavy atom. The number of phenols is 1. The Morgan fingerprint density at radius 3 is 2.93 bits per heavy atom. The van der Waals surface area contributed by atoms with Crippen molar-refractivity contribution in [2.45, 2.75) is 13.0 Å². The number of aromatic nitrogens is 1. The molecule has 3 nitrogen and oxygen atoms in total. The number of nitrogens with two attached hydrogens (primary N) is 1. The fraction of sp³-hybridized carbons (Fsp3) is 0.273. The summed E-state index contributed by atoms with van der Waals surface area (Å²) in [5.41, 5.74) is 6.41. The van der Waals surface area contributed by atoms with Crippen LogP contribution in [0.25, 0.3) is 10.9 Å². The van der Waals surface area contributed by atoms with E-state index in [1.165, 1.54) is 0 Å². The predicted molar refractivity (Wildman–Crippen MR) is 62.3 cm³/mol. The van der Waals surface area contributed by atoms with Crippen LogP contribution in [0, 0.1) is 0 Å². The lowest BCUT2D eigenvalue weighted by molar-refractivity contribution is 0.475. The monoisotopic (exact) mass is 224 g/mol. The molecule has 0 fully saturated rings. The summed E-state index contributed by atoms with van der Waals surface area (Å²) in [4.78, 5) is 0. The van der Waals surface area contributed by atoms with Gasteiger partial charge in [-0.05, 0) is 25.1 Å². The van der Waals surface area contributed by atoms with E-state index in [0.29, 0.717) is 11.6 Å². The SMILES string of the molecule is NCCCn1cc(Cl)c2ccc(O)cc21. The molecule has 1 aromatic carbocycles. The standard InChI is InChI=1S/C11H13ClN2O/c12-10-7-14(5-1-4-13)11-6-8(15)2-3-9(10)11/h2-3,6-7,15H,1,4-5,13H2. The number of fused-ring (bicyclic) bond motifs is 1. The van der Waals surface area contributed by atoms with E-state index in [9.17, 15) is 5.11 Å². The van der Waals surface area contributed by atoms with Gasteiger partial charge in [0.25, 0.3) is 0 Å². The predicted octanol–water partition coefficient (Wildman–Crippen LogP) is 2.35. The number of aryl methyl sites for hydroxylation is 1. The van der Waals surface area contributed by atoms with Crippen LogP contribution in [0.1, 0.15) is 6.42 Å². The van der Waals surface area contributed by atoms with Gasteiger partial charge < -0.3 is 15.4 Å². The molecule has 0 aliphatic rings. The van der Waals surface area contributed by atoms with E-state index in [4.69, 9.17) is 17.3 Å². The van der Waals surface area contributed by atoms with Crippen LogP contribution in [0.4, 0.5) is 0 Å². The van der Waals surface area contributed by atoms with Crippen LogP contribution < -0.4 is 5.73 Å². The van der Waals surface area contributed by atoms with Gasteiger partial charge in [0, 0.05) is 24.2 Å². The van der Waals surface area contributed by atoms with Gasteiger partial charge in [-0.3, -0.25) is 0 Å². The first-order chi connectivity index (χ1) is 7.22. The molecule has 0 saturated carbocycles. The van der Waals surface area contributed by atoms with Gasteiger partial charge in [-0.25, -0.2) is 0 Å². The van der Waals surface area contributed by atoms with Gasteiger partial charge in [0.1, 0.15) is 5.75 Å². The highest BCUT2D eigenvalue weighted by Gasteiger charge is 2.06. The molecule has 0 unspecified atom stereocenters. The summed E-state index contributed by atoms with van der Waals surface area (Å²) in [6.07, 6.45) is 2.77. The highest BCUT2D eigenvalue weighted by molar-refractivity contribution is 6.35. The lowest BCUT2D eigenvalue weighted by atomic mass is 10.2. The second-order valence-electron chi connectivity index (χ2n) is 3.51. The minimum atomic E-state index is 0.256. The smallest absolute Gasteiger partial charge is 0.117 e. The highest BCUT2D eigenvalue weighted by atomic mass is 35.5. The molecule has 0 aliphatic heterocycles. The molecule has 4 heteroatoms. The highest BCUT2D eigenvalue weighted by Crippen LogP contribution is 2.28. The zero-order valence-corrected chi connectivity index (χ0v) is 9.04. The number of aromatic hydroxyl groups is 1. The van der Waals surface area contributed by atoms with Crippen LogP contribution in [0.15, 0.2) is 24.4 Å². The topological polar surface area (TPSA) is 51.2 Å². The number of nitrogens with zero attached hydrogens (tertiary/aromatic N) is 1. The molecular weight excluding hydrogens is 212 g/mol. The summed E-state index contributed by atoms with van der Waals surface area (Å²) < 4.78 is 2.02. The van der Waals surface area contributed by atoms with E-state index < -0.39 is 0 Å². The molecule has 0 aliphatic carbocycles. The Morgan fingerprint density at radius 1 is 1.40 bits per heavy atom. The fourth-order valence-corrected chi connectivity index (χ4v) is 1.96. The first-order valence-corrected chi connectivity index (χ1v) is 5.27. The van der Waals surface area contributed by atoms with Crippen molar-refractivity contribution in [2.24, 2.45) is 5.73 Å². The summed E-state index contributed by atoms with van der Waals surface area (Å²) >= 11 is 6.08. The maximum absolute atomic E-state index is 9.41. The third kappa shape index (κ3) is 1.94. The molecule has 2 rings (SSSR count). The second kappa shape index (κ2) is 4.13. The van der Waals surface area contributed by atoms with Crippen LogP contribution in [0.3, 0.4) is 0 Å². The van der Waals surface area contributed by atoms with Crippen molar-refractivity contribution in [3.8, 4) is 5.75 Å². The number of hydrogen-bond acceptors (Lipinski definition) is 2. The van der Waals surface area contributed by atoms with Gasteiger partial charge in [0.05, 0.1) is 10.5 Å². The Hall–Kier alpha value is -1.19. The zero-order chi connectivity index (χ0) is 10.8. The third-order valence-corrected chi connectivity index (χ3v) is 2.72. The average molecular weight is 225 g/mol. The lowest BCUT2D eigenvalue weighted by Crippen LogP contribution is -2.04. The van der Waals surface area contributed by atoms with Crippen LogP contribution in [0.5, 0.6) is 5.75 Å². The summed E-state index contributed by atoms with van der Waals surface area (Å²) in [7, 11) is 0. The minimum absolute atomic E-state index is 0.256. The van der Waals surface area contributed by atoms with E-state index >= 15 is 0 Å². The zero-order valence-electron chi connectivity index (χ0n) is 8.28. The average Bonchev–Trinajstić information content (AvgIpc) is 2.52. The van der Waals surface area contributed by atoms with Gasteiger partial charge in [-0.1, -0.05) is 11.6 Å². The third-order valence-electron chi connectivity index (χ3n) is 2.42. The molecular formula is C11H13ClN2O. The quantitative estimate of drug-likeness (QED) is 0.841. The van der Waals surface area contributed by atoms with Crippen molar-refractivity contribution in [1.82, 2.24) is 4.57 Å². The first-order valence-electron chi connectivity index (χ1n) is 4.90. The maximum atomic E-state index is 9.41. The molecule has 0 spiro atoms. The Labute approximate surface area is 93.1 Å². The van der Waals surface area contributed by atoms with Crippen molar-refractivity contribution in [3.05, 3.63) is 29.4 Å². The molecule has 0 atom stereocenters. The molecule has 1 aromatic heterocycles. The Kier molecular flexibility index (Phi) is 2.84. The van der Waals surface area contributed by atoms with Crippen molar-refractivity contribution >= 4 is 22.5 Å². The van der Waals surface area contributed by atoms with Crippen molar-refractivity contribution < 1.29 is 5.11 Å². The number of halogens is 1. The first kappa shape index (κ1) is 10.3. The van der Waals surface area contributed by atoms with E-state index in [1.807, 2.05) is 16.8 Å².